The van der Waals surface area contributed by atoms with E-state index in [0.717, 1.165) is 31.6 Å². The third-order valence-corrected chi connectivity index (χ3v) is 4.32. The van der Waals surface area contributed by atoms with Gasteiger partial charge in [0, 0.05) is 31.2 Å². The summed E-state index contributed by atoms with van der Waals surface area (Å²) in [6.45, 7) is 6.60. The standard InChI is InChI=1S/C17H26N2O2/c1-3-18(16-9-5-4-6-10-16)13-17(21)19-11-7-8-15(12-19)14(2)20/h4-6,9-10,14-15,20H,3,7-8,11-13H2,1-2H3. The third-order valence-electron chi connectivity index (χ3n) is 4.32. The lowest BCUT2D eigenvalue weighted by molar-refractivity contribution is -0.132. The van der Waals surface area contributed by atoms with Crippen LogP contribution in [0, 0.1) is 5.92 Å². The molecule has 0 radical (unpaired) electrons. The number of hydrogen-bond acceptors (Lipinski definition) is 3. The quantitative estimate of drug-likeness (QED) is 0.903. The number of carbonyl (C=O) groups excluding carboxylic acids is 1. The number of piperidine rings is 1. The van der Waals surface area contributed by atoms with Gasteiger partial charge in [0.1, 0.15) is 0 Å². The van der Waals surface area contributed by atoms with Crippen molar-refractivity contribution in [2.75, 3.05) is 31.1 Å². The average Bonchev–Trinajstić information content (AvgIpc) is 2.53. The summed E-state index contributed by atoms with van der Waals surface area (Å²) < 4.78 is 0. The molecule has 2 rings (SSSR count). The molecule has 0 aliphatic carbocycles. The Hall–Kier alpha value is -1.55. The number of aliphatic hydroxyl groups is 1. The fraction of sp³-hybridized carbons (Fsp3) is 0.588. The van der Waals surface area contributed by atoms with Crippen LogP contribution in [0.25, 0.3) is 0 Å². The van der Waals surface area contributed by atoms with Crippen molar-refractivity contribution in [1.82, 2.24) is 4.90 Å². The first-order chi connectivity index (χ1) is 10.1. The van der Waals surface area contributed by atoms with Crippen molar-refractivity contribution in [3.05, 3.63) is 30.3 Å². The van der Waals surface area contributed by atoms with Crippen molar-refractivity contribution >= 4 is 11.6 Å². The number of nitrogens with zero attached hydrogens (tertiary/aromatic N) is 2. The van der Waals surface area contributed by atoms with Crippen LogP contribution in [-0.4, -0.2) is 48.2 Å². The molecule has 21 heavy (non-hydrogen) atoms. The topological polar surface area (TPSA) is 43.8 Å². The van der Waals surface area contributed by atoms with Gasteiger partial charge in [0.25, 0.3) is 0 Å². The molecule has 4 heteroatoms. The lowest BCUT2D eigenvalue weighted by atomic mass is 9.93. The maximum atomic E-state index is 12.5. The largest absolute Gasteiger partial charge is 0.393 e. The molecule has 0 bridgehead atoms. The molecule has 1 aliphatic heterocycles. The molecule has 1 aromatic carbocycles. The van der Waals surface area contributed by atoms with Gasteiger partial charge >= 0.3 is 0 Å². The Morgan fingerprint density at radius 3 is 2.76 bits per heavy atom. The smallest absolute Gasteiger partial charge is 0.242 e. The first kappa shape index (κ1) is 15.8. The lowest BCUT2D eigenvalue weighted by Gasteiger charge is -2.35. The number of rotatable bonds is 5. The first-order valence-electron chi connectivity index (χ1n) is 7.87. The Morgan fingerprint density at radius 1 is 1.43 bits per heavy atom. The van der Waals surface area contributed by atoms with E-state index in [-0.39, 0.29) is 17.9 Å². The Kier molecular flexibility index (Phi) is 5.62. The predicted octanol–water partition coefficient (Wildman–Crippen LogP) is 2.13. The molecule has 0 saturated carbocycles. The number of benzene rings is 1. The zero-order valence-electron chi connectivity index (χ0n) is 13.0. The van der Waals surface area contributed by atoms with Crippen LogP contribution in [0.2, 0.25) is 0 Å². The van der Waals surface area contributed by atoms with Gasteiger partial charge in [-0.2, -0.15) is 0 Å². The molecule has 2 atom stereocenters. The molecule has 0 spiro atoms. The second-order valence-electron chi connectivity index (χ2n) is 5.83. The third kappa shape index (κ3) is 4.21. The zero-order valence-corrected chi connectivity index (χ0v) is 13.0. The van der Waals surface area contributed by atoms with E-state index < -0.39 is 0 Å². The van der Waals surface area contributed by atoms with Crippen molar-refractivity contribution < 1.29 is 9.90 Å². The average molecular weight is 290 g/mol. The van der Waals surface area contributed by atoms with Crippen LogP contribution >= 0.6 is 0 Å². The van der Waals surface area contributed by atoms with Crippen LogP contribution in [0.4, 0.5) is 5.69 Å². The van der Waals surface area contributed by atoms with Gasteiger partial charge in [0.05, 0.1) is 12.6 Å². The van der Waals surface area contributed by atoms with E-state index in [4.69, 9.17) is 0 Å². The van der Waals surface area contributed by atoms with Crippen LogP contribution in [0.3, 0.4) is 0 Å². The molecule has 0 aromatic heterocycles. The molecule has 2 unspecified atom stereocenters. The maximum absolute atomic E-state index is 12.5. The summed E-state index contributed by atoms with van der Waals surface area (Å²) in [4.78, 5) is 16.5. The van der Waals surface area contributed by atoms with Crippen LogP contribution in [0.15, 0.2) is 30.3 Å². The van der Waals surface area contributed by atoms with Gasteiger partial charge < -0.3 is 14.9 Å². The normalized spacial score (nSPS) is 20.1. The second kappa shape index (κ2) is 7.46. The summed E-state index contributed by atoms with van der Waals surface area (Å²) in [6, 6.07) is 10.0. The van der Waals surface area contributed by atoms with Crippen LogP contribution in [-0.2, 0) is 4.79 Å². The minimum Gasteiger partial charge on any atom is -0.393 e. The van der Waals surface area contributed by atoms with E-state index in [9.17, 15) is 9.90 Å². The maximum Gasteiger partial charge on any atom is 0.242 e. The van der Waals surface area contributed by atoms with Crippen LogP contribution < -0.4 is 4.90 Å². The number of likely N-dealkylation sites (N-methyl/N-ethyl adjacent to an activating group) is 1. The van der Waals surface area contributed by atoms with Gasteiger partial charge in [-0.1, -0.05) is 18.2 Å². The Bertz CT molecular complexity index is 447. The summed E-state index contributed by atoms with van der Waals surface area (Å²) in [5.41, 5.74) is 1.08. The molecular weight excluding hydrogens is 264 g/mol. The molecule has 1 aliphatic rings. The fourth-order valence-corrected chi connectivity index (χ4v) is 2.92. The number of anilines is 1. The molecule has 1 saturated heterocycles. The fourth-order valence-electron chi connectivity index (χ4n) is 2.92. The van der Waals surface area contributed by atoms with Gasteiger partial charge in [-0.25, -0.2) is 0 Å². The molecule has 1 amide bonds. The minimum atomic E-state index is -0.336. The number of carbonyl (C=O) groups is 1. The van der Waals surface area contributed by atoms with Crippen LogP contribution in [0.1, 0.15) is 26.7 Å². The highest BCUT2D eigenvalue weighted by atomic mass is 16.3. The van der Waals surface area contributed by atoms with Crippen molar-refractivity contribution in [3.63, 3.8) is 0 Å². The van der Waals surface area contributed by atoms with E-state index in [1.807, 2.05) is 42.2 Å². The number of hydrogen-bond donors (Lipinski definition) is 1. The van der Waals surface area contributed by atoms with Crippen LogP contribution in [0.5, 0.6) is 0 Å². The van der Waals surface area contributed by atoms with Gasteiger partial charge in [-0.05, 0) is 38.8 Å². The Balaban J connectivity index is 1.96. The predicted molar refractivity (Wildman–Crippen MR) is 85.3 cm³/mol. The number of likely N-dealkylation sites (tertiary alicyclic amines) is 1. The first-order valence-corrected chi connectivity index (χ1v) is 7.87. The molecule has 1 heterocycles. The van der Waals surface area contributed by atoms with Crippen molar-refractivity contribution in [2.24, 2.45) is 5.92 Å². The van der Waals surface area contributed by atoms with E-state index >= 15 is 0 Å². The summed E-state index contributed by atoms with van der Waals surface area (Å²) in [6.07, 6.45) is 1.66. The number of para-hydroxylation sites is 1. The summed E-state index contributed by atoms with van der Waals surface area (Å²) >= 11 is 0. The molecule has 4 nitrogen and oxygen atoms in total. The Morgan fingerprint density at radius 2 is 2.14 bits per heavy atom. The van der Waals surface area contributed by atoms with Gasteiger partial charge in [-0.3, -0.25) is 4.79 Å². The van der Waals surface area contributed by atoms with Crippen molar-refractivity contribution in [1.29, 1.82) is 0 Å². The highest BCUT2D eigenvalue weighted by molar-refractivity contribution is 5.81. The van der Waals surface area contributed by atoms with E-state index in [1.54, 1.807) is 0 Å². The molecule has 1 fully saturated rings. The van der Waals surface area contributed by atoms with E-state index in [2.05, 4.69) is 11.8 Å². The lowest BCUT2D eigenvalue weighted by Crippen LogP contribution is -2.47. The summed E-state index contributed by atoms with van der Waals surface area (Å²) in [5.74, 6) is 0.376. The summed E-state index contributed by atoms with van der Waals surface area (Å²) in [7, 11) is 0. The number of aliphatic hydroxyl groups excluding tert-OH is 1. The zero-order chi connectivity index (χ0) is 15.2. The van der Waals surface area contributed by atoms with E-state index in [1.165, 1.54) is 0 Å². The van der Waals surface area contributed by atoms with E-state index in [0.29, 0.717) is 13.1 Å². The molecular formula is C17H26N2O2. The number of amides is 1. The van der Waals surface area contributed by atoms with Gasteiger partial charge in [0.15, 0.2) is 0 Å². The highest BCUT2D eigenvalue weighted by Gasteiger charge is 2.27. The van der Waals surface area contributed by atoms with Gasteiger partial charge in [0.2, 0.25) is 5.91 Å². The molecule has 1 aromatic rings. The Labute approximate surface area is 127 Å². The summed E-state index contributed by atoms with van der Waals surface area (Å²) in [5, 5.41) is 9.73. The monoisotopic (exact) mass is 290 g/mol. The SMILES string of the molecule is CCN(CC(=O)N1CCCC(C(C)O)C1)c1ccccc1. The van der Waals surface area contributed by atoms with Crippen molar-refractivity contribution in [3.8, 4) is 0 Å². The highest BCUT2D eigenvalue weighted by Crippen LogP contribution is 2.20. The minimum absolute atomic E-state index is 0.158. The van der Waals surface area contributed by atoms with Gasteiger partial charge in [-0.15, -0.1) is 0 Å². The molecule has 116 valence electrons. The van der Waals surface area contributed by atoms with Crippen molar-refractivity contribution in [2.45, 2.75) is 32.8 Å². The second-order valence-corrected chi connectivity index (χ2v) is 5.83. The molecule has 1 N–H and O–H groups in total.